The number of benzene rings is 2. The predicted molar refractivity (Wildman–Crippen MR) is 108 cm³/mol. The van der Waals surface area contributed by atoms with Gasteiger partial charge in [0.2, 0.25) is 5.91 Å². The molecule has 0 aromatic heterocycles. The minimum atomic E-state index is -0.145. The molecule has 29 heavy (non-hydrogen) atoms. The Hall–Kier alpha value is -3.22. The first-order chi connectivity index (χ1) is 14.1. The highest BCUT2D eigenvalue weighted by molar-refractivity contribution is 5.97. The van der Waals surface area contributed by atoms with Gasteiger partial charge in [0.1, 0.15) is 23.9 Å². The van der Waals surface area contributed by atoms with Crippen molar-refractivity contribution in [3.8, 4) is 17.2 Å². The summed E-state index contributed by atoms with van der Waals surface area (Å²) < 4.78 is 16.4. The van der Waals surface area contributed by atoms with E-state index in [9.17, 15) is 9.59 Å². The molecule has 1 aliphatic carbocycles. The van der Waals surface area contributed by atoms with E-state index in [2.05, 4.69) is 5.32 Å². The fourth-order valence-corrected chi connectivity index (χ4v) is 3.38. The fraction of sp³-hybridized carbons (Fsp3) is 0.364. The van der Waals surface area contributed by atoms with E-state index in [0.29, 0.717) is 36.8 Å². The molecule has 0 spiro atoms. The Morgan fingerprint density at radius 1 is 1.10 bits per heavy atom. The van der Waals surface area contributed by atoms with E-state index in [1.807, 2.05) is 18.2 Å². The average Bonchev–Trinajstić information content (AvgIpc) is 3.59. The van der Waals surface area contributed by atoms with E-state index in [-0.39, 0.29) is 17.7 Å². The highest BCUT2D eigenvalue weighted by Crippen LogP contribution is 2.32. The molecular weight excluding hydrogens is 372 g/mol. The van der Waals surface area contributed by atoms with Crippen LogP contribution < -0.4 is 19.5 Å². The second kappa shape index (κ2) is 8.03. The number of methoxy groups -OCH3 is 2. The van der Waals surface area contributed by atoms with Crippen molar-refractivity contribution in [1.29, 1.82) is 0 Å². The van der Waals surface area contributed by atoms with Crippen molar-refractivity contribution in [2.75, 3.05) is 32.7 Å². The number of nitrogens with zero attached hydrogens (tertiary/aromatic N) is 1. The average molecular weight is 396 g/mol. The van der Waals surface area contributed by atoms with Crippen molar-refractivity contribution >= 4 is 17.5 Å². The van der Waals surface area contributed by atoms with Gasteiger partial charge in [-0.2, -0.15) is 0 Å². The summed E-state index contributed by atoms with van der Waals surface area (Å²) in [5.74, 6) is 1.85. The summed E-state index contributed by atoms with van der Waals surface area (Å²) in [6.45, 7) is 1.23. The lowest BCUT2D eigenvalue weighted by Gasteiger charge is -2.21. The number of hydrogen-bond acceptors (Lipinski definition) is 5. The molecule has 7 heteroatoms. The van der Waals surface area contributed by atoms with Gasteiger partial charge in [-0.05, 0) is 43.2 Å². The van der Waals surface area contributed by atoms with Crippen molar-refractivity contribution in [1.82, 2.24) is 4.90 Å². The number of fused-ring (bicyclic) bond motifs is 1. The maximum atomic E-state index is 13.2. The van der Waals surface area contributed by atoms with Gasteiger partial charge in [0.15, 0.2) is 0 Å². The van der Waals surface area contributed by atoms with Gasteiger partial charge in [-0.1, -0.05) is 0 Å². The number of carbonyl (C=O) groups excluding carboxylic acids is 2. The Labute approximate surface area is 169 Å². The number of hydrogen-bond donors (Lipinski definition) is 1. The van der Waals surface area contributed by atoms with Crippen LogP contribution in [0.3, 0.4) is 0 Å². The molecule has 0 atom stereocenters. The number of carbonyl (C=O) groups is 2. The highest BCUT2D eigenvalue weighted by Gasteiger charge is 2.30. The third-order valence-corrected chi connectivity index (χ3v) is 5.18. The van der Waals surface area contributed by atoms with E-state index in [1.165, 1.54) is 7.11 Å². The van der Waals surface area contributed by atoms with Crippen LogP contribution in [0.25, 0.3) is 0 Å². The Bertz CT molecular complexity index is 939. The van der Waals surface area contributed by atoms with Crippen molar-refractivity contribution in [3.05, 3.63) is 47.5 Å². The van der Waals surface area contributed by atoms with Gasteiger partial charge in [-0.3, -0.25) is 9.59 Å². The molecule has 2 aromatic carbocycles. The standard InChI is InChI=1S/C22H24N2O5/c1-27-17-6-7-18(20(12-17)28-2)22(26)24-9-10-29-19-8-5-16(11-15(19)13-24)23-21(25)14-3-4-14/h5-8,11-12,14H,3-4,9-10,13H2,1-2H3,(H,23,25). The SMILES string of the molecule is COc1ccc(C(=O)N2CCOc3ccc(NC(=O)C4CC4)cc3C2)c(OC)c1. The van der Waals surface area contributed by atoms with Crippen molar-refractivity contribution < 1.29 is 23.8 Å². The van der Waals surface area contributed by atoms with Crippen molar-refractivity contribution in [3.63, 3.8) is 0 Å². The molecule has 2 aliphatic rings. The zero-order valence-corrected chi connectivity index (χ0v) is 16.6. The molecule has 2 amide bonds. The van der Waals surface area contributed by atoms with Crippen molar-refractivity contribution in [2.24, 2.45) is 5.92 Å². The number of anilines is 1. The minimum Gasteiger partial charge on any atom is -0.497 e. The summed E-state index contributed by atoms with van der Waals surface area (Å²) in [5, 5.41) is 2.95. The van der Waals surface area contributed by atoms with Gasteiger partial charge in [0.25, 0.3) is 5.91 Å². The van der Waals surface area contributed by atoms with Crippen LogP contribution in [0.5, 0.6) is 17.2 Å². The molecule has 1 aliphatic heterocycles. The number of rotatable bonds is 5. The first-order valence-electron chi connectivity index (χ1n) is 9.67. The smallest absolute Gasteiger partial charge is 0.258 e. The number of ether oxygens (including phenoxy) is 3. The first kappa shape index (κ1) is 19.1. The Morgan fingerprint density at radius 2 is 1.93 bits per heavy atom. The molecule has 0 saturated heterocycles. The van der Waals surface area contributed by atoms with Gasteiger partial charge in [-0.25, -0.2) is 0 Å². The van der Waals surface area contributed by atoms with E-state index < -0.39 is 0 Å². The van der Waals surface area contributed by atoms with E-state index >= 15 is 0 Å². The highest BCUT2D eigenvalue weighted by atomic mass is 16.5. The zero-order valence-electron chi connectivity index (χ0n) is 16.6. The molecule has 1 saturated carbocycles. The molecule has 7 nitrogen and oxygen atoms in total. The van der Waals surface area contributed by atoms with E-state index in [4.69, 9.17) is 14.2 Å². The number of nitrogens with one attached hydrogen (secondary N) is 1. The van der Waals surface area contributed by atoms with Crippen LogP contribution in [0, 0.1) is 5.92 Å². The second-order valence-electron chi connectivity index (χ2n) is 7.23. The normalized spacial score (nSPS) is 15.6. The molecule has 0 unspecified atom stereocenters. The number of amides is 2. The van der Waals surface area contributed by atoms with Crippen LogP contribution >= 0.6 is 0 Å². The molecule has 1 fully saturated rings. The molecule has 4 rings (SSSR count). The quantitative estimate of drug-likeness (QED) is 0.840. The zero-order chi connectivity index (χ0) is 20.4. The Balaban J connectivity index is 1.56. The molecule has 0 bridgehead atoms. The lowest BCUT2D eigenvalue weighted by Crippen LogP contribution is -2.32. The minimum absolute atomic E-state index is 0.0513. The largest absolute Gasteiger partial charge is 0.497 e. The lowest BCUT2D eigenvalue weighted by atomic mass is 10.1. The summed E-state index contributed by atoms with van der Waals surface area (Å²) >= 11 is 0. The monoisotopic (exact) mass is 396 g/mol. The van der Waals surface area contributed by atoms with Gasteiger partial charge < -0.3 is 24.4 Å². The third-order valence-electron chi connectivity index (χ3n) is 5.18. The molecule has 1 heterocycles. The summed E-state index contributed by atoms with van der Waals surface area (Å²) in [5.41, 5.74) is 2.05. The van der Waals surface area contributed by atoms with Gasteiger partial charge in [0.05, 0.1) is 26.3 Å². The lowest BCUT2D eigenvalue weighted by molar-refractivity contribution is -0.117. The maximum absolute atomic E-state index is 13.2. The maximum Gasteiger partial charge on any atom is 0.258 e. The predicted octanol–water partition coefficient (Wildman–Crippen LogP) is 3.09. The molecule has 152 valence electrons. The topological polar surface area (TPSA) is 77.1 Å². The van der Waals surface area contributed by atoms with Gasteiger partial charge >= 0.3 is 0 Å². The fourth-order valence-electron chi connectivity index (χ4n) is 3.38. The second-order valence-corrected chi connectivity index (χ2v) is 7.23. The Morgan fingerprint density at radius 3 is 2.66 bits per heavy atom. The van der Waals surface area contributed by atoms with Crippen molar-refractivity contribution in [2.45, 2.75) is 19.4 Å². The van der Waals surface area contributed by atoms with Crippen LogP contribution in [0.1, 0.15) is 28.8 Å². The molecule has 1 N–H and O–H groups in total. The molecule has 2 aromatic rings. The van der Waals surface area contributed by atoms with E-state index in [1.54, 1.807) is 30.2 Å². The van der Waals surface area contributed by atoms with Crippen LogP contribution in [0.2, 0.25) is 0 Å². The Kier molecular flexibility index (Phi) is 5.29. The molecule has 0 radical (unpaired) electrons. The van der Waals surface area contributed by atoms with E-state index in [0.717, 1.165) is 29.8 Å². The summed E-state index contributed by atoms with van der Waals surface area (Å²) in [6.07, 6.45) is 1.90. The summed E-state index contributed by atoms with van der Waals surface area (Å²) in [4.78, 5) is 27.0. The molecular formula is C22H24N2O5. The van der Waals surface area contributed by atoms with Crippen LogP contribution in [-0.2, 0) is 11.3 Å². The van der Waals surface area contributed by atoms with Crippen LogP contribution in [0.4, 0.5) is 5.69 Å². The third kappa shape index (κ3) is 4.13. The first-order valence-corrected chi connectivity index (χ1v) is 9.67. The summed E-state index contributed by atoms with van der Waals surface area (Å²) in [7, 11) is 3.10. The van der Waals surface area contributed by atoms with Gasteiger partial charge in [0, 0.05) is 29.8 Å². The van der Waals surface area contributed by atoms with Crippen LogP contribution in [-0.4, -0.2) is 44.1 Å². The van der Waals surface area contributed by atoms with Crippen LogP contribution in [0.15, 0.2) is 36.4 Å². The summed E-state index contributed by atoms with van der Waals surface area (Å²) in [6, 6.07) is 10.7. The van der Waals surface area contributed by atoms with Gasteiger partial charge in [-0.15, -0.1) is 0 Å².